The molecule has 1 aliphatic rings. The molecule has 1 aliphatic heterocycles. The fraction of sp³-hybridized carbons (Fsp3) is 0.467. The average molecular weight is 309 g/mol. The fourth-order valence-corrected chi connectivity index (χ4v) is 2.22. The number of hydrogen-bond acceptors (Lipinski definition) is 5. The van der Waals surface area contributed by atoms with E-state index in [0.717, 1.165) is 5.56 Å². The first-order chi connectivity index (χ1) is 10.5. The Hall–Kier alpha value is -2.28. The number of carbonyl (C=O) groups excluding carboxylic acids is 1. The van der Waals surface area contributed by atoms with E-state index >= 15 is 0 Å². The Morgan fingerprint density at radius 2 is 2.18 bits per heavy atom. The molecule has 1 heterocycles. The average Bonchev–Trinajstić information content (AvgIpc) is 2.53. The maximum atomic E-state index is 12.2. The molecule has 0 spiro atoms. The predicted octanol–water partition coefficient (Wildman–Crippen LogP) is 0.694. The summed E-state index contributed by atoms with van der Waals surface area (Å²) in [5, 5.41) is 9.12. The van der Waals surface area contributed by atoms with Crippen molar-refractivity contribution in [3.63, 3.8) is 0 Å². The number of hydrogen-bond donors (Lipinski definition) is 1. The largest absolute Gasteiger partial charge is 0.493 e. The number of rotatable bonds is 5. The van der Waals surface area contributed by atoms with Crippen molar-refractivity contribution in [1.82, 2.24) is 4.90 Å². The highest BCUT2D eigenvalue weighted by atomic mass is 16.5. The number of nitrogens with zero attached hydrogens (tertiary/aromatic N) is 1. The number of morpholine rings is 1. The zero-order valence-corrected chi connectivity index (χ0v) is 12.6. The third-order valence-electron chi connectivity index (χ3n) is 3.40. The van der Waals surface area contributed by atoms with Crippen LogP contribution in [0.1, 0.15) is 5.56 Å². The van der Waals surface area contributed by atoms with Crippen LogP contribution in [0.15, 0.2) is 18.2 Å². The minimum atomic E-state index is -1.08. The monoisotopic (exact) mass is 309 g/mol. The maximum absolute atomic E-state index is 12.2. The molecule has 7 heteroatoms. The van der Waals surface area contributed by atoms with Gasteiger partial charge in [-0.05, 0) is 24.6 Å². The lowest BCUT2D eigenvalue weighted by molar-refractivity contribution is -0.159. The summed E-state index contributed by atoms with van der Waals surface area (Å²) < 4.78 is 15.8. The molecule has 0 aliphatic carbocycles. The number of methoxy groups -OCH3 is 1. The Kier molecular flexibility index (Phi) is 5.21. The van der Waals surface area contributed by atoms with Gasteiger partial charge in [0.1, 0.15) is 0 Å². The Morgan fingerprint density at radius 3 is 2.86 bits per heavy atom. The molecule has 1 fully saturated rings. The van der Waals surface area contributed by atoms with Crippen LogP contribution in [0.25, 0.3) is 0 Å². The molecule has 1 amide bonds. The van der Waals surface area contributed by atoms with Gasteiger partial charge in [0.25, 0.3) is 5.91 Å². The molecule has 0 radical (unpaired) electrons. The van der Waals surface area contributed by atoms with Crippen molar-refractivity contribution in [2.75, 3.05) is 33.5 Å². The fourth-order valence-electron chi connectivity index (χ4n) is 2.22. The zero-order valence-electron chi connectivity index (χ0n) is 12.6. The summed E-state index contributed by atoms with van der Waals surface area (Å²) in [5.41, 5.74) is 1.01. The minimum absolute atomic E-state index is 0.00503. The summed E-state index contributed by atoms with van der Waals surface area (Å²) in [6.07, 6.45) is 0. The van der Waals surface area contributed by atoms with Crippen molar-refractivity contribution < 1.29 is 28.9 Å². The van der Waals surface area contributed by atoms with Crippen LogP contribution in [0, 0.1) is 6.92 Å². The SMILES string of the molecule is COc1cc(C)ccc1OCC(=O)N1CCOCC1C(=O)O. The van der Waals surface area contributed by atoms with Gasteiger partial charge in [-0.15, -0.1) is 0 Å². The molecule has 22 heavy (non-hydrogen) atoms. The highest BCUT2D eigenvalue weighted by molar-refractivity contribution is 5.84. The Bertz CT molecular complexity index is 559. The van der Waals surface area contributed by atoms with Crippen molar-refractivity contribution in [3.8, 4) is 11.5 Å². The number of amides is 1. The van der Waals surface area contributed by atoms with Crippen LogP contribution in [0.5, 0.6) is 11.5 Å². The van der Waals surface area contributed by atoms with Crippen molar-refractivity contribution in [2.24, 2.45) is 0 Å². The van der Waals surface area contributed by atoms with Gasteiger partial charge in [-0.25, -0.2) is 4.79 Å². The molecule has 1 aromatic carbocycles. The number of carboxylic acids is 1. The van der Waals surface area contributed by atoms with Gasteiger partial charge >= 0.3 is 5.97 Å². The molecule has 0 aromatic heterocycles. The lowest BCUT2D eigenvalue weighted by Gasteiger charge is -2.32. The molecular formula is C15H19NO6. The third kappa shape index (κ3) is 3.67. The summed E-state index contributed by atoms with van der Waals surface area (Å²) in [7, 11) is 1.52. The minimum Gasteiger partial charge on any atom is -0.493 e. The molecule has 0 saturated carbocycles. The lowest BCUT2D eigenvalue weighted by atomic mass is 10.2. The molecule has 0 bridgehead atoms. The first-order valence-electron chi connectivity index (χ1n) is 6.90. The van der Waals surface area contributed by atoms with E-state index in [2.05, 4.69) is 0 Å². The number of ether oxygens (including phenoxy) is 3. The van der Waals surface area contributed by atoms with Gasteiger partial charge in [0, 0.05) is 6.54 Å². The molecule has 1 aromatic rings. The van der Waals surface area contributed by atoms with Crippen LogP contribution in [0.3, 0.4) is 0 Å². The normalized spacial score (nSPS) is 17.9. The van der Waals surface area contributed by atoms with Crippen LogP contribution < -0.4 is 9.47 Å². The van der Waals surface area contributed by atoms with Gasteiger partial charge < -0.3 is 24.2 Å². The van der Waals surface area contributed by atoms with E-state index < -0.39 is 17.9 Å². The summed E-state index contributed by atoms with van der Waals surface area (Å²) in [4.78, 5) is 24.6. The van der Waals surface area contributed by atoms with E-state index in [9.17, 15) is 9.59 Å². The van der Waals surface area contributed by atoms with Gasteiger partial charge in [0.2, 0.25) is 0 Å². The topological polar surface area (TPSA) is 85.3 Å². The van der Waals surface area contributed by atoms with Gasteiger partial charge in [-0.3, -0.25) is 4.79 Å². The summed E-state index contributed by atoms with van der Waals surface area (Å²) in [5.74, 6) is -0.495. The summed E-state index contributed by atoms with van der Waals surface area (Å²) in [6, 6.07) is 4.39. The van der Waals surface area contributed by atoms with Gasteiger partial charge in [0.05, 0.1) is 20.3 Å². The number of aliphatic carboxylic acids is 1. The molecule has 1 atom stereocenters. The molecule has 7 nitrogen and oxygen atoms in total. The van der Waals surface area contributed by atoms with Crippen LogP contribution in [-0.2, 0) is 14.3 Å². The zero-order chi connectivity index (χ0) is 16.1. The highest BCUT2D eigenvalue weighted by Gasteiger charge is 2.32. The second-order valence-corrected chi connectivity index (χ2v) is 4.96. The van der Waals surface area contributed by atoms with E-state index in [1.165, 1.54) is 12.0 Å². The summed E-state index contributed by atoms with van der Waals surface area (Å²) >= 11 is 0. The quantitative estimate of drug-likeness (QED) is 0.861. The second-order valence-electron chi connectivity index (χ2n) is 4.96. The second kappa shape index (κ2) is 7.13. The van der Waals surface area contributed by atoms with E-state index in [4.69, 9.17) is 19.3 Å². The Morgan fingerprint density at radius 1 is 1.41 bits per heavy atom. The van der Waals surface area contributed by atoms with Crippen LogP contribution in [-0.4, -0.2) is 61.4 Å². The highest BCUT2D eigenvalue weighted by Crippen LogP contribution is 2.27. The van der Waals surface area contributed by atoms with Crippen molar-refractivity contribution >= 4 is 11.9 Å². The number of carbonyl (C=O) groups is 2. The maximum Gasteiger partial charge on any atom is 0.328 e. The van der Waals surface area contributed by atoms with Gasteiger partial charge in [0.15, 0.2) is 24.1 Å². The first kappa shape index (κ1) is 16.1. The molecular weight excluding hydrogens is 290 g/mol. The van der Waals surface area contributed by atoms with Crippen LogP contribution in [0.4, 0.5) is 0 Å². The van der Waals surface area contributed by atoms with E-state index in [-0.39, 0.29) is 19.8 Å². The van der Waals surface area contributed by atoms with E-state index in [0.29, 0.717) is 18.1 Å². The van der Waals surface area contributed by atoms with Gasteiger partial charge in [-0.2, -0.15) is 0 Å². The van der Waals surface area contributed by atoms with E-state index in [1.54, 1.807) is 12.1 Å². The van der Waals surface area contributed by atoms with E-state index in [1.807, 2.05) is 13.0 Å². The Balaban J connectivity index is 2.01. The number of carboxylic acid groups (broad SMARTS) is 1. The number of aryl methyl sites for hydroxylation is 1. The summed E-state index contributed by atoms with van der Waals surface area (Å²) in [6.45, 7) is 2.23. The molecule has 120 valence electrons. The molecule has 2 rings (SSSR count). The third-order valence-corrected chi connectivity index (χ3v) is 3.40. The predicted molar refractivity (Wildman–Crippen MR) is 77.2 cm³/mol. The molecule has 1 saturated heterocycles. The lowest BCUT2D eigenvalue weighted by Crippen LogP contribution is -2.53. The van der Waals surface area contributed by atoms with Crippen LogP contribution >= 0.6 is 0 Å². The van der Waals surface area contributed by atoms with Crippen LogP contribution in [0.2, 0.25) is 0 Å². The number of benzene rings is 1. The van der Waals surface area contributed by atoms with Gasteiger partial charge in [-0.1, -0.05) is 6.07 Å². The first-order valence-corrected chi connectivity index (χ1v) is 6.90. The molecule has 1 N–H and O–H groups in total. The smallest absolute Gasteiger partial charge is 0.328 e. The van der Waals surface area contributed by atoms with Crippen molar-refractivity contribution in [2.45, 2.75) is 13.0 Å². The molecule has 1 unspecified atom stereocenters. The van der Waals surface area contributed by atoms with Crippen molar-refractivity contribution in [3.05, 3.63) is 23.8 Å². The Labute approximate surface area is 128 Å². The standard InChI is InChI=1S/C15H19NO6/c1-10-3-4-12(13(7-10)20-2)22-9-14(17)16-5-6-21-8-11(16)15(18)19/h3-4,7,11H,5-6,8-9H2,1-2H3,(H,18,19). The van der Waals surface area contributed by atoms with Crippen molar-refractivity contribution in [1.29, 1.82) is 0 Å².